The highest BCUT2D eigenvalue weighted by atomic mass is 15.3. The molecular weight excluding hydrogens is 222 g/mol. The fraction of sp³-hybridized carbons (Fsp3) is 0.600. The van der Waals surface area contributed by atoms with Crippen LogP contribution in [-0.2, 0) is 0 Å². The lowest BCUT2D eigenvalue weighted by molar-refractivity contribution is 0.100. The van der Waals surface area contributed by atoms with E-state index in [1.54, 1.807) is 0 Å². The first-order chi connectivity index (χ1) is 8.58. The van der Waals surface area contributed by atoms with Crippen LogP contribution in [0.1, 0.15) is 24.1 Å². The summed E-state index contributed by atoms with van der Waals surface area (Å²) in [5.74, 6) is 0. The van der Waals surface area contributed by atoms with Gasteiger partial charge in [0.25, 0.3) is 0 Å². The van der Waals surface area contributed by atoms with Crippen LogP contribution in [0.3, 0.4) is 0 Å². The van der Waals surface area contributed by atoms with Crippen LogP contribution in [0.2, 0.25) is 0 Å². The van der Waals surface area contributed by atoms with Crippen molar-refractivity contribution in [2.45, 2.75) is 25.9 Å². The van der Waals surface area contributed by atoms with Crippen LogP contribution in [0.4, 0.5) is 0 Å². The number of benzene rings is 1. The van der Waals surface area contributed by atoms with Crippen molar-refractivity contribution in [1.82, 2.24) is 9.80 Å². The molecule has 3 heteroatoms. The minimum absolute atomic E-state index is 0.127. The Balaban J connectivity index is 1.96. The molecule has 100 valence electrons. The number of nitrogens with zero attached hydrogens (tertiary/aromatic N) is 2. The fourth-order valence-electron chi connectivity index (χ4n) is 2.67. The van der Waals surface area contributed by atoms with Crippen LogP contribution in [0, 0.1) is 6.92 Å². The minimum atomic E-state index is 0.127. The summed E-state index contributed by atoms with van der Waals surface area (Å²) < 4.78 is 0. The van der Waals surface area contributed by atoms with Gasteiger partial charge in [-0.3, -0.25) is 4.90 Å². The van der Waals surface area contributed by atoms with Gasteiger partial charge in [0.05, 0.1) is 0 Å². The van der Waals surface area contributed by atoms with E-state index >= 15 is 0 Å². The largest absolute Gasteiger partial charge is 0.323 e. The Hall–Kier alpha value is -0.900. The van der Waals surface area contributed by atoms with Crippen molar-refractivity contribution >= 4 is 0 Å². The number of nitrogens with two attached hydrogens (primary N) is 1. The Bertz CT molecular complexity index is 391. The van der Waals surface area contributed by atoms with Crippen molar-refractivity contribution in [3.63, 3.8) is 0 Å². The average Bonchev–Trinajstić information content (AvgIpc) is 2.34. The van der Waals surface area contributed by atoms with Crippen LogP contribution < -0.4 is 5.73 Å². The van der Waals surface area contributed by atoms with Gasteiger partial charge in [0.1, 0.15) is 0 Å². The standard InChI is InChI=1S/C15H25N3/c1-12-6-4-5-7-14(12)15(16)11-18-9-8-17(3)13(2)10-18/h4-7,13,15H,8-11,16H2,1-3H3. The molecule has 0 bridgehead atoms. The van der Waals surface area contributed by atoms with Crippen molar-refractivity contribution in [2.75, 3.05) is 33.2 Å². The van der Waals surface area contributed by atoms with Crippen molar-refractivity contribution in [3.05, 3.63) is 35.4 Å². The smallest absolute Gasteiger partial charge is 0.0426 e. The van der Waals surface area contributed by atoms with Gasteiger partial charge in [0.2, 0.25) is 0 Å². The molecule has 1 aromatic rings. The summed E-state index contributed by atoms with van der Waals surface area (Å²) >= 11 is 0. The maximum absolute atomic E-state index is 6.35. The van der Waals surface area contributed by atoms with E-state index < -0.39 is 0 Å². The summed E-state index contributed by atoms with van der Waals surface area (Å²) in [6.45, 7) is 8.77. The zero-order valence-corrected chi connectivity index (χ0v) is 11.8. The quantitative estimate of drug-likeness (QED) is 0.881. The maximum atomic E-state index is 6.35. The number of likely N-dealkylation sites (N-methyl/N-ethyl adjacent to an activating group) is 1. The zero-order chi connectivity index (χ0) is 13.1. The molecule has 1 aromatic carbocycles. The zero-order valence-electron chi connectivity index (χ0n) is 11.8. The van der Waals surface area contributed by atoms with Gasteiger partial charge in [-0.1, -0.05) is 24.3 Å². The molecule has 0 saturated carbocycles. The molecule has 1 heterocycles. The van der Waals surface area contributed by atoms with Crippen molar-refractivity contribution in [1.29, 1.82) is 0 Å². The summed E-state index contributed by atoms with van der Waals surface area (Å²) in [5, 5.41) is 0. The molecule has 0 spiro atoms. The summed E-state index contributed by atoms with van der Waals surface area (Å²) in [7, 11) is 2.20. The molecule has 18 heavy (non-hydrogen) atoms. The van der Waals surface area contributed by atoms with E-state index in [2.05, 4.69) is 55.0 Å². The van der Waals surface area contributed by atoms with E-state index in [0.29, 0.717) is 6.04 Å². The van der Waals surface area contributed by atoms with Gasteiger partial charge < -0.3 is 10.6 Å². The van der Waals surface area contributed by atoms with Gasteiger partial charge >= 0.3 is 0 Å². The first-order valence-electron chi connectivity index (χ1n) is 6.81. The molecule has 3 nitrogen and oxygen atoms in total. The molecule has 1 fully saturated rings. The van der Waals surface area contributed by atoms with E-state index in [-0.39, 0.29) is 6.04 Å². The number of hydrogen-bond donors (Lipinski definition) is 1. The second-order valence-corrected chi connectivity index (χ2v) is 5.55. The van der Waals surface area contributed by atoms with Crippen LogP contribution in [0.15, 0.2) is 24.3 Å². The summed E-state index contributed by atoms with van der Waals surface area (Å²) in [6, 6.07) is 9.20. The monoisotopic (exact) mass is 247 g/mol. The van der Waals surface area contributed by atoms with Gasteiger partial charge in [-0.05, 0) is 32.0 Å². The summed E-state index contributed by atoms with van der Waals surface area (Å²) in [4.78, 5) is 4.90. The first-order valence-corrected chi connectivity index (χ1v) is 6.81. The fourth-order valence-corrected chi connectivity index (χ4v) is 2.67. The third-order valence-electron chi connectivity index (χ3n) is 4.09. The lowest BCUT2D eigenvalue weighted by Gasteiger charge is -2.38. The van der Waals surface area contributed by atoms with Gasteiger partial charge in [0, 0.05) is 38.3 Å². The second-order valence-electron chi connectivity index (χ2n) is 5.55. The topological polar surface area (TPSA) is 32.5 Å². The number of aryl methyl sites for hydroxylation is 1. The second kappa shape index (κ2) is 5.83. The van der Waals surface area contributed by atoms with E-state index in [1.807, 2.05) is 0 Å². The third kappa shape index (κ3) is 3.10. The Kier molecular flexibility index (Phi) is 4.38. The normalized spacial score (nSPS) is 24.1. The molecule has 0 aliphatic carbocycles. The minimum Gasteiger partial charge on any atom is -0.323 e. The van der Waals surface area contributed by atoms with Crippen molar-refractivity contribution in [3.8, 4) is 0 Å². The van der Waals surface area contributed by atoms with Crippen LogP contribution in [-0.4, -0.2) is 49.1 Å². The number of piperazine rings is 1. The lowest BCUT2D eigenvalue weighted by Crippen LogP contribution is -2.51. The molecule has 0 radical (unpaired) electrons. The Morgan fingerprint density at radius 1 is 1.33 bits per heavy atom. The van der Waals surface area contributed by atoms with Crippen molar-refractivity contribution < 1.29 is 0 Å². The number of rotatable bonds is 3. The van der Waals surface area contributed by atoms with E-state index in [9.17, 15) is 0 Å². The van der Waals surface area contributed by atoms with Crippen LogP contribution >= 0.6 is 0 Å². The molecule has 0 aromatic heterocycles. The van der Waals surface area contributed by atoms with E-state index in [1.165, 1.54) is 11.1 Å². The van der Waals surface area contributed by atoms with E-state index in [0.717, 1.165) is 26.2 Å². The maximum Gasteiger partial charge on any atom is 0.0426 e. The first kappa shape index (κ1) is 13.5. The molecule has 2 N–H and O–H groups in total. The molecule has 1 aliphatic heterocycles. The molecule has 2 atom stereocenters. The Labute approximate surface area is 111 Å². The van der Waals surface area contributed by atoms with Crippen LogP contribution in [0.5, 0.6) is 0 Å². The van der Waals surface area contributed by atoms with Crippen molar-refractivity contribution in [2.24, 2.45) is 5.73 Å². The van der Waals surface area contributed by atoms with Gasteiger partial charge in [-0.15, -0.1) is 0 Å². The van der Waals surface area contributed by atoms with Gasteiger partial charge in [-0.2, -0.15) is 0 Å². The highest BCUT2D eigenvalue weighted by molar-refractivity contribution is 5.28. The molecule has 2 unspecified atom stereocenters. The molecule has 0 amide bonds. The predicted octanol–water partition coefficient (Wildman–Crippen LogP) is 1.63. The lowest BCUT2D eigenvalue weighted by atomic mass is 10.0. The van der Waals surface area contributed by atoms with Crippen LogP contribution in [0.25, 0.3) is 0 Å². The third-order valence-corrected chi connectivity index (χ3v) is 4.09. The number of hydrogen-bond acceptors (Lipinski definition) is 3. The van der Waals surface area contributed by atoms with Gasteiger partial charge in [0.15, 0.2) is 0 Å². The molecule has 1 aliphatic rings. The van der Waals surface area contributed by atoms with E-state index in [4.69, 9.17) is 5.73 Å². The highest BCUT2D eigenvalue weighted by Crippen LogP contribution is 2.17. The average molecular weight is 247 g/mol. The Morgan fingerprint density at radius 2 is 2.06 bits per heavy atom. The Morgan fingerprint density at radius 3 is 2.72 bits per heavy atom. The van der Waals surface area contributed by atoms with Gasteiger partial charge in [-0.25, -0.2) is 0 Å². The summed E-state index contributed by atoms with van der Waals surface area (Å²) in [5.41, 5.74) is 8.93. The highest BCUT2D eigenvalue weighted by Gasteiger charge is 2.22. The molecule has 1 saturated heterocycles. The SMILES string of the molecule is Cc1ccccc1C(N)CN1CCN(C)C(C)C1. The molecule has 2 rings (SSSR count). The predicted molar refractivity (Wildman–Crippen MR) is 76.6 cm³/mol. The molecular formula is C15H25N3. The summed E-state index contributed by atoms with van der Waals surface area (Å²) in [6.07, 6.45) is 0.